The number of unbranched alkanes of at least 4 members (excludes halogenated alkanes) is 8. The Morgan fingerprint density at radius 1 is 0.818 bits per heavy atom. The summed E-state index contributed by atoms with van der Waals surface area (Å²) in [5.41, 5.74) is 9.09. The number of benzene rings is 2. The van der Waals surface area contributed by atoms with Crippen LogP contribution in [0.25, 0.3) is 0 Å². The van der Waals surface area contributed by atoms with Gasteiger partial charge in [-0.3, -0.25) is 19.4 Å². The maximum absolute atomic E-state index is 12.9. The van der Waals surface area contributed by atoms with E-state index in [0.29, 0.717) is 37.6 Å². The molecule has 2 N–H and O–H groups in total. The molecule has 1 heterocycles. The van der Waals surface area contributed by atoms with Gasteiger partial charge < -0.3 is 19.9 Å². The number of hydrogen-bond donors (Lipinski definition) is 1. The highest BCUT2D eigenvalue weighted by atomic mass is 16.6. The van der Waals surface area contributed by atoms with Crippen LogP contribution in [0.15, 0.2) is 42.5 Å². The third-order valence-corrected chi connectivity index (χ3v) is 8.60. The molecule has 1 fully saturated rings. The lowest BCUT2D eigenvalue weighted by Crippen LogP contribution is -2.52. The fraction of sp³-hybridized carbons (Fsp3) is 0.611. The van der Waals surface area contributed by atoms with Crippen molar-refractivity contribution in [2.45, 2.75) is 97.1 Å². The molecule has 0 spiro atoms. The van der Waals surface area contributed by atoms with Crippen molar-refractivity contribution in [2.75, 3.05) is 46.4 Å². The van der Waals surface area contributed by atoms with E-state index in [9.17, 15) is 9.59 Å². The van der Waals surface area contributed by atoms with Crippen molar-refractivity contribution >= 4 is 11.9 Å². The first-order chi connectivity index (χ1) is 21.3. The van der Waals surface area contributed by atoms with Crippen molar-refractivity contribution in [3.63, 3.8) is 0 Å². The molecule has 1 saturated heterocycles. The average molecular weight is 610 g/mol. The van der Waals surface area contributed by atoms with Crippen LogP contribution < -0.4 is 15.2 Å². The van der Waals surface area contributed by atoms with E-state index in [0.717, 1.165) is 42.6 Å². The number of nitrogens with zero attached hydrogens (tertiary/aromatic N) is 2. The molecule has 8 heteroatoms. The van der Waals surface area contributed by atoms with Crippen molar-refractivity contribution in [3.05, 3.63) is 59.2 Å². The molecule has 0 aromatic heterocycles. The highest BCUT2D eigenvalue weighted by molar-refractivity contribution is 5.82. The number of amides is 1. The van der Waals surface area contributed by atoms with Crippen LogP contribution in [0.2, 0.25) is 0 Å². The van der Waals surface area contributed by atoms with Crippen LogP contribution in [0.5, 0.6) is 11.5 Å². The second kappa shape index (κ2) is 19.3. The summed E-state index contributed by atoms with van der Waals surface area (Å²) >= 11 is 0. The minimum atomic E-state index is -0.461. The van der Waals surface area contributed by atoms with E-state index in [4.69, 9.17) is 19.9 Å². The molecule has 44 heavy (non-hydrogen) atoms. The zero-order chi connectivity index (χ0) is 31.7. The van der Waals surface area contributed by atoms with Crippen LogP contribution in [0.3, 0.4) is 0 Å². The van der Waals surface area contributed by atoms with Crippen LogP contribution in [-0.2, 0) is 14.3 Å². The molecule has 0 aliphatic carbocycles. The fourth-order valence-corrected chi connectivity index (χ4v) is 6.13. The molecular formula is C36H55N3O5. The van der Waals surface area contributed by atoms with Gasteiger partial charge in [0.1, 0.15) is 18.8 Å². The highest BCUT2D eigenvalue weighted by Gasteiger charge is 2.32. The number of primary amides is 1. The molecule has 244 valence electrons. The maximum atomic E-state index is 12.9. The standard InChI is InChI=1S/C36H55N3O5/c1-5-6-7-8-9-10-11-12-13-21-33(40)44-30(27-43-32-20-15-14-19-31(32)42-4)26-38-22-24-39(25-23-38)35(36(37)41)34-28(2)17-16-18-29(34)3/h14-20,30,35H,5-13,21-27H2,1-4H3,(H2,37,41). The van der Waals surface area contributed by atoms with Crippen LogP contribution in [-0.4, -0.2) is 74.2 Å². The zero-order valence-corrected chi connectivity index (χ0v) is 27.5. The van der Waals surface area contributed by atoms with Crippen molar-refractivity contribution in [1.82, 2.24) is 9.80 Å². The molecule has 2 unspecified atom stereocenters. The largest absolute Gasteiger partial charge is 0.493 e. The first-order valence-electron chi connectivity index (χ1n) is 16.6. The number of carbonyl (C=O) groups is 2. The predicted octanol–water partition coefficient (Wildman–Crippen LogP) is 6.37. The molecule has 3 rings (SSSR count). The summed E-state index contributed by atoms with van der Waals surface area (Å²) in [7, 11) is 1.61. The van der Waals surface area contributed by atoms with Crippen molar-refractivity contribution in [1.29, 1.82) is 0 Å². The Morgan fingerprint density at radius 2 is 1.41 bits per heavy atom. The highest BCUT2D eigenvalue weighted by Crippen LogP contribution is 2.29. The summed E-state index contributed by atoms with van der Waals surface area (Å²) < 4.78 is 17.5. The Bertz CT molecular complexity index is 1130. The van der Waals surface area contributed by atoms with E-state index in [1.165, 1.54) is 44.9 Å². The lowest BCUT2D eigenvalue weighted by Gasteiger charge is -2.39. The molecular weight excluding hydrogens is 554 g/mol. The van der Waals surface area contributed by atoms with Crippen molar-refractivity contribution in [3.8, 4) is 11.5 Å². The van der Waals surface area contributed by atoms with Gasteiger partial charge in [0, 0.05) is 39.1 Å². The van der Waals surface area contributed by atoms with E-state index in [2.05, 4.69) is 16.7 Å². The first-order valence-corrected chi connectivity index (χ1v) is 16.6. The third-order valence-electron chi connectivity index (χ3n) is 8.60. The van der Waals surface area contributed by atoms with Gasteiger partial charge in [-0.2, -0.15) is 0 Å². The molecule has 0 saturated carbocycles. The molecule has 0 bridgehead atoms. The number of carbonyl (C=O) groups excluding carboxylic acids is 2. The first kappa shape index (κ1) is 35.4. The van der Waals surface area contributed by atoms with Crippen molar-refractivity contribution < 1.29 is 23.8 Å². The van der Waals surface area contributed by atoms with Crippen LogP contribution in [0.4, 0.5) is 0 Å². The smallest absolute Gasteiger partial charge is 0.306 e. The minimum Gasteiger partial charge on any atom is -0.493 e. The molecule has 8 nitrogen and oxygen atoms in total. The molecule has 1 aliphatic heterocycles. The van der Waals surface area contributed by atoms with Gasteiger partial charge in [-0.05, 0) is 49.1 Å². The molecule has 1 aliphatic rings. The van der Waals surface area contributed by atoms with Gasteiger partial charge in [0.05, 0.1) is 7.11 Å². The fourth-order valence-electron chi connectivity index (χ4n) is 6.13. The quantitative estimate of drug-likeness (QED) is 0.138. The summed E-state index contributed by atoms with van der Waals surface area (Å²) in [5.74, 6) is 0.760. The molecule has 2 atom stereocenters. The zero-order valence-electron chi connectivity index (χ0n) is 27.5. The Hall–Kier alpha value is -3.10. The molecule has 0 radical (unpaired) electrons. The van der Waals surface area contributed by atoms with Crippen LogP contribution in [0.1, 0.15) is 93.9 Å². The van der Waals surface area contributed by atoms with Crippen LogP contribution in [0, 0.1) is 13.8 Å². The lowest BCUT2D eigenvalue weighted by atomic mass is 9.94. The normalized spacial score (nSPS) is 15.5. The van der Waals surface area contributed by atoms with Gasteiger partial charge in [0.25, 0.3) is 0 Å². The minimum absolute atomic E-state index is 0.177. The number of aryl methyl sites for hydroxylation is 2. The third kappa shape index (κ3) is 11.4. The van der Waals surface area contributed by atoms with E-state index in [1.807, 2.05) is 56.3 Å². The average Bonchev–Trinajstić information content (AvgIpc) is 3.01. The van der Waals surface area contributed by atoms with E-state index in [1.54, 1.807) is 7.11 Å². The lowest BCUT2D eigenvalue weighted by molar-refractivity contribution is -0.152. The summed E-state index contributed by atoms with van der Waals surface area (Å²) in [6.45, 7) is 9.93. The Balaban J connectivity index is 1.55. The van der Waals surface area contributed by atoms with Crippen LogP contribution >= 0.6 is 0 Å². The van der Waals surface area contributed by atoms with E-state index < -0.39 is 12.1 Å². The second-order valence-electron chi connectivity index (χ2n) is 12.1. The number of rotatable bonds is 20. The molecule has 1 amide bonds. The topological polar surface area (TPSA) is 94.3 Å². The SMILES string of the molecule is CCCCCCCCCCCC(=O)OC(COc1ccccc1OC)CN1CCN(C(C(N)=O)c2c(C)cccc2C)CC1. The van der Waals surface area contributed by atoms with Gasteiger partial charge in [0.15, 0.2) is 11.5 Å². The van der Waals surface area contributed by atoms with Gasteiger partial charge >= 0.3 is 5.97 Å². The second-order valence-corrected chi connectivity index (χ2v) is 12.1. The Labute approximate surface area is 265 Å². The van der Waals surface area contributed by atoms with E-state index >= 15 is 0 Å². The van der Waals surface area contributed by atoms with Gasteiger partial charge in [-0.25, -0.2) is 0 Å². The predicted molar refractivity (Wildman–Crippen MR) is 176 cm³/mol. The number of esters is 1. The number of para-hydroxylation sites is 2. The number of hydrogen-bond acceptors (Lipinski definition) is 7. The number of nitrogens with two attached hydrogens (primary N) is 1. The Kier molecular flexibility index (Phi) is 15.5. The number of ether oxygens (including phenoxy) is 3. The molecule has 2 aromatic carbocycles. The molecule has 2 aromatic rings. The number of methoxy groups -OCH3 is 1. The van der Waals surface area contributed by atoms with Gasteiger partial charge in [0.2, 0.25) is 5.91 Å². The summed E-state index contributed by atoms with van der Waals surface area (Å²) in [6.07, 6.45) is 10.8. The summed E-state index contributed by atoms with van der Waals surface area (Å²) in [5, 5.41) is 0. The summed E-state index contributed by atoms with van der Waals surface area (Å²) in [6, 6.07) is 13.1. The number of piperazine rings is 1. The van der Waals surface area contributed by atoms with Gasteiger partial charge in [-0.1, -0.05) is 88.6 Å². The van der Waals surface area contributed by atoms with E-state index in [-0.39, 0.29) is 18.5 Å². The monoisotopic (exact) mass is 609 g/mol. The summed E-state index contributed by atoms with van der Waals surface area (Å²) in [4.78, 5) is 30.0. The van der Waals surface area contributed by atoms with Crippen molar-refractivity contribution in [2.24, 2.45) is 5.73 Å². The Morgan fingerprint density at radius 3 is 2.00 bits per heavy atom. The van der Waals surface area contributed by atoms with Gasteiger partial charge in [-0.15, -0.1) is 0 Å². The maximum Gasteiger partial charge on any atom is 0.306 e.